The molecule has 0 fully saturated rings. The van der Waals surface area contributed by atoms with Gasteiger partial charge in [0.2, 0.25) is 0 Å². The second-order valence-electron chi connectivity index (χ2n) is 5.63. The zero-order valence-electron chi connectivity index (χ0n) is 14.4. The van der Waals surface area contributed by atoms with Crippen LogP contribution in [0.3, 0.4) is 0 Å². The number of hydrogen-bond donors (Lipinski definition) is 3. The summed E-state index contributed by atoms with van der Waals surface area (Å²) in [7, 11) is 1.46. The Morgan fingerprint density at radius 2 is 2.04 bits per heavy atom. The number of nitrogens with one attached hydrogen (secondary N) is 2. The molecule has 0 radical (unpaired) electrons. The molecule has 7 heteroatoms. The van der Waals surface area contributed by atoms with Gasteiger partial charge in [-0.15, -0.1) is 0 Å². The highest BCUT2D eigenvalue weighted by atomic mass is 16.5. The van der Waals surface area contributed by atoms with E-state index < -0.39 is 5.91 Å². The van der Waals surface area contributed by atoms with Crippen molar-refractivity contribution >= 4 is 12.1 Å². The number of hydrazone groups is 1. The van der Waals surface area contributed by atoms with Gasteiger partial charge in [-0.2, -0.15) is 10.2 Å². The molecule has 7 nitrogen and oxygen atoms in total. The van der Waals surface area contributed by atoms with Crippen LogP contribution in [0.15, 0.2) is 53.6 Å². The summed E-state index contributed by atoms with van der Waals surface area (Å²) in [6.45, 7) is 2.01. The number of H-pyrrole nitrogens is 1. The third kappa shape index (κ3) is 3.72. The quantitative estimate of drug-likeness (QED) is 0.487. The molecule has 1 heterocycles. The number of aromatic hydroxyl groups is 1. The summed E-state index contributed by atoms with van der Waals surface area (Å²) in [5.74, 6) is -0.151. The van der Waals surface area contributed by atoms with Crippen LogP contribution in [0.1, 0.15) is 21.6 Å². The van der Waals surface area contributed by atoms with Gasteiger partial charge in [0.05, 0.1) is 19.0 Å². The van der Waals surface area contributed by atoms with Crippen LogP contribution in [0.25, 0.3) is 11.3 Å². The zero-order chi connectivity index (χ0) is 18.5. The van der Waals surface area contributed by atoms with Gasteiger partial charge in [0, 0.05) is 11.1 Å². The van der Waals surface area contributed by atoms with Crippen molar-refractivity contribution in [2.45, 2.75) is 6.92 Å². The first-order chi connectivity index (χ1) is 12.6. The Labute approximate surface area is 150 Å². The molecule has 26 heavy (non-hydrogen) atoms. The number of carbonyl (C=O) groups excluding carboxylic acids is 1. The maximum Gasteiger partial charge on any atom is 0.289 e. The van der Waals surface area contributed by atoms with Gasteiger partial charge in [0.25, 0.3) is 5.91 Å². The first kappa shape index (κ1) is 17.2. The van der Waals surface area contributed by atoms with Crippen LogP contribution >= 0.6 is 0 Å². The highest BCUT2D eigenvalue weighted by Gasteiger charge is 2.10. The van der Waals surface area contributed by atoms with E-state index in [4.69, 9.17) is 4.74 Å². The zero-order valence-corrected chi connectivity index (χ0v) is 14.4. The number of para-hydroxylation sites is 1. The van der Waals surface area contributed by atoms with Crippen LogP contribution in [0.2, 0.25) is 0 Å². The molecule has 0 aliphatic carbocycles. The fourth-order valence-electron chi connectivity index (χ4n) is 2.34. The normalized spacial score (nSPS) is 10.8. The molecule has 3 rings (SSSR count). The maximum absolute atomic E-state index is 12.2. The standard InChI is InChI=1S/C19H18N4O3/c1-12-6-8-13(9-7-12)15-10-16(22-21-15)19(25)23-20-11-14-4-3-5-17(26-2)18(14)24/h3-11,24H,1-2H3,(H,21,22)(H,23,25)/b20-11+. The average molecular weight is 350 g/mol. The van der Waals surface area contributed by atoms with Gasteiger partial charge in [-0.3, -0.25) is 9.89 Å². The topological polar surface area (TPSA) is 99.6 Å². The number of nitrogens with zero attached hydrogens (tertiary/aromatic N) is 2. The largest absolute Gasteiger partial charge is 0.504 e. The summed E-state index contributed by atoms with van der Waals surface area (Å²) in [6, 6.07) is 14.5. The average Bonchev–Trinajstić information content (AvgIpc) is 3.14. The van der Waals surface area contributed by atoms with E-state index in [1.54, 1.807) is 24.3 Å². The summed E-state index contributed by atoms with van der Waals surface area (Å²) in [4.78, 5) is 12.2. The lowest BCUT2D eigenvalue weighted by Gasteiger charge is -2.04. The maximum atomic E-state index is 12.2. The van der Waals surface area contributed by atoms with E-state index >= 15 is 0 Å². The predicted octanol–water partition coefficient (Wildman–Crippen LogP) is 2.86. The number of carbonyl (C=O) groups is 1. The van der Waals surface area contributed by atoms with Gasteiger partial charge >= 0.3 is 0 Å². The van der Waals surface area contributed by atoms with Gasteiger partial charge in [0.15, 0.2) is 11.5 Å². The van der Waals surface area contributed by atoms with Crippen molar-refractivity contribution in [1.29, 1.82) is 0 Å². The molecule has 1 aromatic heterocycles. The second kappa shape index (κ2) is 7.52. The summed E-state index contributed by atoms with van der Waals surface area (Å²) in [5, 5.41) is 20.7. The highest BCUT2D eigenvalue weighted by molar-refractivity contribution is 5.94. The van der Waals surface area contributed by atoms with Gasteiger partial charge in [-0.05, 0) is 25.1 Å². The van der Waals surface area contributed by atoms with E-state index in [9.17, 15) is 9.90 Å². The number of amides is 1. The monoisotopic (exact) mass is 350 g/mol. The molecule has 0 saturated heterocycles. The van der Waals surface area contributed by atoms with Crippen LogP contribution in [0, 0.1) is 6.92 Å². The first-order valence-electron chi connectivity index (χ1n) is 7.90. The minimum Gasteiger partial charge on any atom is -0.504 e. The number of ether oxygens (including phenoxy) is 1. The predicted molar refractivity (Wildman–Crippen MR) is 98.5 cm³/mol. The first-order valence-corrected chi connectivity index (χ1v) is 7.90. The van der Waals surface area contributed by atoms with Gasteiger partial charge in [-0.25, -0.2) is 5.43 Å². The Morgan fingerprint density at radius 1 is 1.27 bits per heavy atom. The number of methoxy groups -OCH3 is 1. The van der Waals surface area contributed by atoms with Gasteiger partial charge in [-0.1, -0.05) is 35.9 Å². The smallest absolute Gasteiger partial charge is 0.289 e. The Kier molecular flexibility index (Phi) is 4.98. The van der Waals surface area contributed by atoms with Crippen molar-refractivity contribution in [2.75, 3.05) is 7.11 Å². The SMILES string of the molecule is COc1cccc(/C=N/NC(=O)c2cc(-c3ccc(C)cc3)n[nH]2)c1O. The van der Waals surface area contributed by atoms with E-state index in [2.05, 4.69) is 20.7 Å². The summed E-state index contributed by atoms with van der Waals surface area (Å²) in [5.41, 5.74) is 5.84. The molecule has 0 unspecified atom stereocenters. The van der Waals surface area contributed by atoms with Crippen LogP contribution < -0.4 is 10.2 Å². The fourth-order valence-corrected chi connectivity index (χ4v) is 2.34. The van der Waals surface area contributed by atoms with E-state index in [1.807, 2.05) is 31.2 Å². The van der Waals surface area contributed by atoms with E-state index in [-0.39, 0.29) is 11.4 Å². The molecule has 3 aromatic rings. The van der Waals surface area contributed by atoms with Crippen molar-refractivity contribution in [3.63, 3.8) is 0 Å². The molecule has 3 N–H and O–H groups in total. The van der Waals surface area contributed by atoms with Crippen molar-refractivity contribution in [1.82, 2.24) is 15.6 Å². The Bertz CT molecular complexity index is 946. The molecule has 1 amide bonds. The lowest BCUT2D eigenvalue weighted by atomic mass is 10.1. The van der Waals surface area contributed by atoms with Gasteiger partial charge < -0.3 is 9.84 Å². The molecule has 0 atom stereocenters. The Hall–Kier alpha value is -3.61. The number of aryl methyl sites for hydroxylation is 1. The molecule has 0 aliphatic heterocycles. The number of rotatable bonds is 5. The summed E-state index contributed by atoms with van der Waals surface area (Å²) >= 11 is 0. The number of aromatic amines is 1. The third-order valence-electron chi connectivity index (χ3n) is 3.79. The van der Waals surface area contributed by atoms with Crippen LogP contribution in [0.4, 0.5) is 0 Å². The minimum atomic E-state index is -0.436. The summed E-state index contributed by atoms with van der Waals surface area (Å²) in [6.07, 6.45) is 1.34. The molecule has 0 bridgehead atoms. The molecule has 0 aliphatic rings. The Balaban J connectivity index is 1.68. The molecule has 0 saturated carbocycles. The molecule has 132 valence electrons. The number of aromatic nitrogens is 2. The molecule has 0 spiro atoms. The lowest BCUT2D eigenvalue weighted by molar-refractivity contribution is 0.0950. The lowest BCUT2D eigenvalue weighted by Crippen LogP contribution is -2.18. The van der Waals surface area contributed by atoms with E-state index in [0.717, 1.165) is 11.1 Å². The van der Waals surface area contributed by atoms with E-state index in [1.165, 1.54) is 13.3 Å². The van der Waals surface area contributed by atoms with Gasteiger partial charge in [0.1, 0.15) is 5.69 Å². The van der Waals surface area contributed by atoms with Crippen molar-refractivity contribution in [2.24, 2.45) is 5.10 Å². The molecule has 2 aromatic carbocycles. The number of phenols is 1. The minimum absolute atomic E-state index is 0.0452. The van der Waals surface area contributed by atoms with Crippen LogP contribution in [0.5, 0.6) is 11.5 Å². The van der Waals surface area contributed by atoms with Crippen molar-refractivity contribution < 1.29 is 14.6 Å². The third-order valence-corrected chi connectivity index (χ3v) is 3.79. The van der Waals surface area contributed by atoms with Crippen molar-refractivity contribution in [3.05, 3.63) is 65.4 Å². The fraction of sp³-hybridized carbons (Fsp3) is 0.105. The van der Waals surface area contributed by atoms with E-state index in [0.29, 0.717) is 17.0 Å². The second-order valence-corrected chi connectivity index (χ2v) is 5.63. The summed E-state index contributed by atoms with van der Waals surface area (Å²) < 4.78 is 5.02. The number of benzene rings is 2. The number of phenolic OH excluding ortho intramolecular Hbond substituents is 1. The molecular formula is C19H18N4O3. The molecular weight excluding hydrogens is 332 g/mol. The number of hydrogen-bond acceptors (Lipinski definition) is 5. The van der Waals surface area contributed by atoms with Crippen molar-refractivity contribution in [3.8, 4) is 22.8 Å². The highest BCUT2D eigenvalue weighted by Crippen LogP contribution is 2.27. The van der Waals surface area contributed by atoms with Crippen LogP contribution in [-0.4, -0.2) is 34.5 Å². The Morgan fingerprint density at radius 3 is 2.77 bits per heavy atom. The van der Waals surface area contributed by atoms with Crippen LogP contribution in [-0.2, 0) is 0 Å².